The standard InChI is InChI=1S/C9H10O5/c1-5(10)14-6-3-7(11)9(12)8(4-6)13-2/h3-4,11-12H,1-2H3. The van der Waals surface area contributed by atoms with E-state index in [9.17, 15) is 15.0 Å². The molecule has 0 atom stereocenters. The van der Waals surface area contributed by atoms with E-state index >= 15 is 0 Å². The number of aromatic hydroxyl groups is 2. The average Bonchev–Trinajstić information content (AvgIpc) is 2.10. The SMILES string of the molecule is COc1cc(OC(C)=O)cc(O)c1O. The maximum atomic E-state index is 10.6. The van der Waals surface area contributed by atoms with Gasteiger partial charge in [0.2, 0.25) is 5.75 Å². The molecule has 0 saturated heterocycles. The zero-order valence-electron chi connectivity index (χ0n) is 7.77. The number of carbonyl (C=O) groups is 1. The van der Waals surface area contributed by atoms with Gasteiger partial charge >= 0.3 is 5.97 Å². The van der Waals surface area contributed by atoms with Crippen LogP contribution in [0.4, 0.5) is 0 Å². The highest BCUT2D eigenvalue weighted by atomic mass is 16.5. The third-order valence-electron chi connectivity index (χ3n) is 1.51. The summed E-state index contributed by atoms with van der Waals surface area (Å²) in [6.45, 7) is 1.23. The Labute approximate surface area is 80.5 Å². The first-order chi connectivity index (χ1) is 6.54. The van der Waals surface area contributed by atoms with E-state index in [2.05, 4.69) is 0 Å². The van der Waals surface area contributed by atoms with Gasteiger partial charge in [-0.25, -0.2) is 0 Å². The molecule has 0 aliphatic rings. The van der Waals surface area contributed by atoms with Crippen LogP contribution < -0.4 is 9.47 Å². The molecule has 0 amide bonds. The summed E-state index contributed by atoms with van der Waals surface area (Å²) in [6, 6.07) is 2.43. The van der Waals surface area contributed by atoms with Crippen LogP contribution in [0.2, 0.25) is 0 Å². The number of rotatable bonds is 2. The molecule has 1 aromatic carbocycles. The van der Waals surface area contributed by atoms with E-state index in [-0.39, 0.29) is 17.2 Å². The van der Waals surface area contributed by atoms with Crippen LogP contribution in [0.1, 0.15) is 6.92 Å². The third-order valence-corrected chi connectivity index (χ3v) is 1.51. The minimum atomic E-state index is -0.517. The molecular weight excluding hydrogens is 188 g/mol. The molecule has 14 heavy (non-hydrogen) atoms. The molecule has 2 N–H and O–H groups in total. The molecule has 0 saturated carbocycles. The summed E-state index contributed by atoms with van der Waals surface area (Å²) >= 11 is 0. The van der Waals surface area contributed by atoms with Crippen LogP contribution in [0.25, 0.3) is 0 Å². The van der Waals surface area contributed by atoms with E-state index in [1.807, 2.05) is 0 Å². The van der Waals surface area contributed by atoms with Crippen molar-refractivity contribution in [2.24, 2.45) is 0 Å². The molecule has 0 unspecified atom stereocenters. The van der Waals surface area contributed by atoms with Crippen LogP contribution in [0.3, 0.4) is 0 Å². The molecular formula is C9H10O5. The van der Waals surface area contributed by atoms with Crippen LogP contribution >= 0.6 is 0 Å². The quantitative estimate of drug-likeness (QED) is 0.421. The smallest absolute Gasteiger partial charge is 0.308 e. The highest BCUT2D eigenvalue weighted by molar-refractivity contribution is 5.70. The van der Waals surface area contributed by atoms with Gasteiger partial charge in [0.05, 0.1) is 7.11 Å². The van der Waals surface area contributed by atoms with Gasteiger partial charge in [0.15, 0.2) is 11.5 Å². The number of phenolic OH excluding ortho intramolecular Hbond substituents is 2. The first-order valence-corrected chi connectivity index (χ1v) is 3.83. The fourth-order valence-electron chi connectivity index (χ4n) is 0.949. The fraction of sp³-hybridized carbons (Fsp3) is 0.222. The first-order valence-electron chi connectivity index (χ1n) is 3.83. The topological polar surface area (TPSA) is 76.0 Å². The summed E-state index contributed by atoms with van der Waals surface area (Å²) in [4.78, 5) is 10.6. The lowest BCUT2D eigenvalue weighted by Crippen LogP contribution is -2.01. The molecule has 0 aliphatic heterocycles. The molecule has 0 bridgehead atoms. The minimum absolute atomic E-state index is 0.0428. The first kappa shape index (κ1) is 10.2. The van der Waals surface area contributed by atoms with Crippen molar-refractivity contribution in [3.05, 3.63) is 12.1 Å². The second kappa shape index (κ2) is 3.87. The number of hydrogen-bond donors (Lipinski definition) is 2. The molecule has 0 aromatic heterocycles. The van der Waals surface area contributed by atoms with Crippen molar-refractivity contribution in [2.75, 3.05) is 7.11 Å². The molecule has 5 heteroatoms. The van der Waals surface area contributed by atoms with Crippen molar-refractivity contribution < 1.29 is 24.5 Å². The van der Waals surface area contributed by atoms with E-state index in [0.29, 0.717) is 0 Å². The lowest BCUT2D eigenvalue weighted by Gasteiger charge is -2.07. The molecule has 0 spiro atoms. The van der Waals surface area contributed by atoms with Crippen LogP contribution in [0.15, 0.2) is 12.1 Å². The molecule has 0 radical (unpaired) electrons. The van der Waals surface area contributed by atoms with Gasteiger partial charge in [0.1, 0.15) is 5.75 Å². The van der Waals surface area contributed by atoms with Crippen LogP contribution in [0, 0.1) is 0 Å². The number of hydrogen-bond acceptors (Lipinski definition) is 5. The Balaban J connectivity index is 3.09. The van der Waals surface area contributed by atoms with Crippen molar-refractivity contribution in [1.82, 2.24) is 0 Å². The number of methoxy groups -OCH3 is 1. The summed E-state index contributed by atoms with van der Waals surface area (Å²) in [6.07, 6.45) is 0. The highest BCUT2D eigenvalue weighted by Crippen LogP contribution is 2.38. The molecule has 76 valence electrons. The largest absolute Gasteiger partial charge is 0.504 e. The Morgan fingerprint density at radius 2 is 2.00 bits per heavy atom. The van der Waals surface area contributed by atoms with Crippen molar-refractivity contribution >= 4 is 5.97 Å². The maximum Gasteiger partial charge on any atom is 0.308 e. The summed E-state index contributed by atoms with van der Waals surface area (Å²) in [5.74, 6) is -1.15. The van der Waals surface area contributed by atoms with E-state index < -0.39 is 11.7 Å². The molecule has 0 fully saturated rings. The fourth-order valence-corrected chi connectivity index (χ4v) is 0.949. The number of benzene rings is 1. The summed E-state index contributed by atoms with van der Waals surface area (Å²) < 4.78 is 9.45. The van der Waals surface area contributed by atoms with Gasteiger partial charge in [0, 0.05) is 19.1 Å². The Kier molecular flexibility index (Phi) is 2.81. The Morgan fingerprint density at radius 3 is 2.50 bits per heavy atom. The lowest BCUT2D eigenvalue weighted by molar-refractivity contribution is -0.131. The molecule has 0 aliphatic carbocycles. The van der Waals surface area contributed by atoms with E-state index in [1.54, 1.807) is 0 Å². The molecule has 1 aromatic rings. The van der Waals surface area contributed by atoms with E-state index in [1.165, 1.54) is 20.1 Å². The predicted molar refractivity (Wildman–Crippen MR) is 47.6 cm³/mol. The van der Waals surface area contributed by atoms with Gasteiger partial charge in [-0.1, -0.05) is 0 Å². The summed E-state index contributed by atoms with van der Waals surface area (Å²) in [5, 5.41) is 18.4. The average molecular weight is 198 g/mol. The van der Waals surface area contributed by atoms with Crippen molar-refractivity contribution in [1.29, 1.82) is 0 Å². The zero-order valence-corrected chi connectivity index (χ0v) is 7.77. The van der Waals surface area contributed by atoms with Gasteiger partial charge in [-0.05, 0) is 0 Å². The number of ether oxygens (including phenoxy) is 2. The van der Waals surface area contributed by atoms with Crippen molar-refractivity contribution in [3.63, 3.8) is 0 Å². The maximum absolute atomic E-state index is 10.6. The van der Waals surface area contributed by atoms with E-state index in [0.717, 1.165) is 6.07 Å². The summed E-state index contributed by atoms with van der Waals surface area (Å²) in [5.41, 5.74) is 0. The molecule has 1 rings (SSSR count). The van der Waals surface area contributed by atoms with Crippen molar-refractivity contribution in [2.45, 2.75) is 6.92 Å². The summed E-state index contributed by atoms with van der Waals surface area (Å²) in [7, 11) is 1.33. The van der Waals surface area contributed by atoms with Gasteiger partial charge in [-0.3, -0.25) is 4.79 Å². The number of esters is 1. The van der Waals surface area contributed by atoms with Gasteiger partial charge < -0.3 is 19.7 Å². The number of carbonyl (C=O) groups excluding carboxylic acids is 1. The normalized spacial score (nSPS) is 9.57. The Hall–Kier alpha value is -1.91. The zero-order chi connectivity index (χ0) is 10.7. The molecule has 0 heterocycles. The highest BCUT2D eigenvalue weighted by Gasteiger charge is 2.11. The van der Waals surface area contributed by atoms with Gasteiger partial charge in [-0.15, -0.1) is 0 Å². The van der Waals surface area contributed by atoms with Gasteiger partial charge in [-0.2, -0.15) is 0 Å². The minimum Gasteiger partial charge on any atom is -0.504 e. The molecule has 5 nitrogen and oxygen atoms in total. The second-order valence-electron chi connectivity index (χ2n) is 2.59. The van der Waals surface area contributed by atoms with Crippen LogP contribution in [-0.2, 0) is 4.79 Å². The third kappa shape index (κ3) is 2.07. The second-order valence-corrected chi connectivity index (χ2v) is 2.59. The van der Waals surface area contributed by atoms with E-state index in [4.69, 9.17) is 9.47 Å². The van der Waals surface area contributed by atoms with Gasteiger partial charge in [0.25, 0.3) is 0 Å². The predicted octanol–water partition coefficient (Wildman–Crippen LogP) is 1.03. The monoisotopic (exact) mass is 198 g/mol. The number of phenols is 2. The van der Waals surface area contributed by atoms with Crippen LogP contribution in [0.5, 0.6) is 23.0 Å². The van der Waals surface area contributed by atoms with Crippen molar-refractivity contribution in [3.8, 4) is 23.0 Å². The Bertz CT molecular complexity index is 358. The lowest BCUT2D eigenvalue weighted by atomic mass is 10.3. The van der Waals surface area contributed by atoms with Crippen LogP contribution in [-0.4, -0.2) is 23.3 Å². The Morgan fingerprint density at radius 1 is 1.36 bits per heavy atom.